The molecule has 0 radical (unpaired) electrons. The van der Waals surface area contributed by atoms with Crippen molar-refractivity contribution >= 4 is 40.0 Å². The molecule has 0 unspecified atom stereocenters. The van der Waals surface area contributed by atoms with E-state index in [4.69, 9.17) is 16.3 Å². The Labute approximate surface area is 196 Å². The van der Waals surface area contributed by atoms with Crippen LogP contribution < -0.4 is 10.1 Å². The van der Waals surface area contributed by atoms with Gasteiger partial charge in [0.15, 0.2) is 0 Å². The van der Waals surface area contributed by atoms with E-state index in [1.165, 1.54) is 0 Å². The highest BCUT2D eigenvalue weighted by Crippen LogP contribution is 2.44. The third kappa shape index (κ3) is 3.62. The number of ether oxygens (including phenoxy) is 1. The van der Waals surface area contributed by atoms with Crippen molar-refractivity contribution in [2.75, 3.05) is 19.0 Å². The number of halogens is 1. The number of rotatable bonds is 5. The number of carbonyl (C=O) groups excluding carboxylic acids is 2. The molecule has 1 aliphatic heterocycles. The molecule has 0 fully saturated rings. The Morgan fingerprint density at radius 2 is 1.73 bits per heavy atom. The molecule has 5 rings (SSSR count). The smallest absolute Gasteiger partial charge is 0.272 e. The largest absolute Gasteiger partial charge is 0.497 e. The van der Waals surface area contributed by atoms with Crippen LogP contribution in [0.15, 0.2) is 72.8 Å². The topological polar surface area (TPSA) is 63.6 Å². The zero-order valence-corrected chi connectivity index (χ0v) is 19.0. The van der Waals surface area contributed by atoms with Crippen molar-refractivity contribution in [3.05, 3.63) is 94.6 Å². The number of amides is 2. The molecule has 7 heteroatoms. The van der Waals surface area contributed by atoms with Gasteiger partial charge in [-0.15, -0.1) is 0 Å². The molecule has 6 nitrogen and oxygen atoms in total. The normalized spacial score (nSPS) is 15.1. The number of hydrogen-bond acceptors (Lipinski definition) is 3. The molecule has 3 aromatic carbocycles. The molecule has 0 saturated heterocycles. The molecule has 0 saturated carbocycles. The molecule has 33 heavy (non-hydrogen) atoms. The molecule has 166 valence electrons. The van der Waals surface area contributed by atoms with Gasteiger partial charge in [0.2, 0.25) is 5.91 Å². The Hall–Kier alpha value is -3.77. The van der Waals surface area contributed by atoms with Crippen molar-refractivity contribution in [2.24, 2.45) is 7.05 Å². The fourth-order valence-corrected chi connectivity index (χ4v) is 4.68. The molecule has 2 heterocycles. The minimum Gasteiger partial charge on any atom is -0.497 e. The first-order chi connectivity index (χ1) is 16.0. The molecule has 2 amide bonds. The van der Waals surface area contributed by atoms with Crippen LogP contribution in [0.1, 0.15) is 27.7 Å². The van der Waals surface area contributed by atoms with E-state index in [0.717, 1.165) is 27.8 Å². The number of aryl methyl sites for hydroxylation is 1. The van der Waals surface area contributed by atoms with Gasteiger partial charge in [-0.3, -0.25) is 9.59 Å². The Balaban J connectivity index is 1.55. The predicted molar refractivity (Wildman–Crippen MR) is 129 cm³/mol. The van der Waals surface area contributed by atoms with Crippen molar-refractivity contribution < 1.29 is 14.3 Å². The van der Waals surface area contributed by atoms with Gasteiger partial charge in [-0.05, 0) is 48.0 Å². The fraction of sp³-hybridized carbons (Fsp3) is 0.154. The summed E-state index contributed by atoms with van der Waals surface area (Å²) in [5.74, 6) is 0.283. The molecular formula is C26H22ClN3O3. The highest BCUT2D eigenvalue weighted by molar-refractivity contribution is 6.30. The molecule has 1 atom stereocenters. The third-order valence-electron chi connectivity index (χ3n) is 6.07. The van der Waals surface area contributed by atoms with E-state index in [0.29, 0.717) is 16.4 Å². The standard InChI is InChI=1S/C26H22ClN3O3/c1-29-21-6-4-3-5-20(21)23-24(16-7-13-19(33-2)14-8-16)30(26(32)25(23)29)15-22(31)28-18-11-9-17(27)10-12-18/h3-14,24H,15H2,1-2H3,(H,28,31)/t24-/m0/s1. The highest BCUT2D eigenvalue weighted by atomic mass is 35.5. The van der Waals surface area contributed by atoms with Crippen molar-refractivity contribution in [1.29, 1.82) is 0 Å². The minimum atomic E-state index is -0.388. The zero-order valence-electron chi connectivity index (χ0n) is 18.2. The van der Waals surface area contributed by atoms with Crippen molar-refractivity contribution in [3.8, 4) is 5.75 Å². The summed E-state index contributed by atoms with van der Waals surface area (Å²) in [5.41, 5.74) is 4.05. The van der Waals surface area contributed by atoms with Gasteiger partial charge in [-0.1, -0.05) is 41.9 Å². The lowest BCUT2D eigenvalue weighted by molar-refractivity contribution is -0.117. The van der Waals surface area contributed by atoms with Crippen LogP contribution in [0.4, 0.5) is 5.69 Å². The van der Waals surface area contributed by atoms with Gasteiger partial charge < -0.3 is 19.5 Å². The number of nitrogens with zero attached hydrogens (tertiary/aromatic N) is 2. The van der Waals surface area contributed by atoms with E-state index in [-0.39, 0.29) is 24.4 Å². The maximum Gasteiger partial charge on any atom is 0.272 e. The lowest BCUT2D eigenvalue weighted by atomic mass is 9.98. The third-order valence-corrected chi connectivity index (χ3v) is 6.32. The fourth-order valence-electron chi connectivity index (χ4n) is 4.55. The van der Waals surface area contributed by atoms with Crippen LogP contribution >= 0.6 is 11.6 Å². The number of nitrogens with one attached hydrogen (secondary N) is 1. The molecule has 0 aliphatic carbocycles. The van der Waals surface area contributed by atoms with E-state index in [2.05, 4.69) is 5.32 Å². The van der Waals surface area contributed by atoms with Gasteiger partial charge in [-0.25, -0.2) is 0 Å². The van der Waals surface area contributed by atoms with E-state index in [1.54, 1.807) is 36.3 Å². The molecule has 1 N–H and O–H groups in total. The average molecular weight is 460 g/mol. The maximum absolute atomic E-state index is 13.6. The zero-order chi connectivity index (χ0) is 23.1. The summed E-state index contributed by atoms with van der Waals surface area (Å²) < 4.78 is 7.22. The maximum atomic E-state index is 13.6. The van der Waals surface area contributed by atoms with Crippen LogP contribution in [0, 0.1) is 0 Å². The van der Waals surface area contributed by atoms with E-state index in [1.807, 2.05) is 60.1 Å². The van der Waals surface area contributed by atoms with Crippen molar-refractivity contribution in [3.63, 3.8) is 0 Å². The van der Waals surface area contributed by atoms with Crippen LogP contribution in [-0.2, 0) is 11.8 Å². The summed E-state index contributed by atoms with van der Waals surface area (Å²) in [6.07, 6.45) is 0. The summed E-state index contributed by atoms with van der Waals surface area (Å²) in [7, 11) is 3.51. The van der Waals surface area contributed by atoms with Crippen LogP contribution in [0.25, 0.3) is 10.9 Å². The summed E-state index contributed by atoms with van der Waals surface area (Å²) in [5, 5.41) is 4.45. The van der Waals surface area contributed by atoms with Gasteiger partial charge in [0.05, 0.1) is 13.2 Å². The van der Waals surface area contributed by atoms with Crippen LogP contribution in [0.3, 0.4) is 0 Å². The molecule has 0 spiro atoms. The van der Waals surface area contributed by atoms with Crippen molar-refractivity contribution in [2.45, 2.75) is 6.04 Å². The van der Waals surface area contributed by atoms with Gasteiger partial charge in [-0.2, -0.15) is 0 Å². The second-order valence-corrected chi connectivity index (χ2v) is 8.44. The number of anilines is 1. The summed E-state index contributed by atoms with van der Waals surface area (Å²) in [6, 6.07) is 22.1. The monoisotopic (exact) mass is 459 g/mol. The minimum absolute atomic E-state index is 0.0822. The Bertz CT molecular complexity index is 1360. The number of benzene rings is 3. The molecule has 0 bridgehead atoms. The second kappa shape index (κ2) is 8.30. The van der Waals surface area contributed by atoms with Crippen molar-refractivity contribution in [1.82, 2.24) is 9.47 Å². The number of fused-ring (bicyclic) bond motifs is 3. The van der Waals surface area contributed by atoms with E-state index >= 15 is 0 Å². The van der Waals surface area contributed by atoms with Gasteiger partial charge in [0.1, 0.15) is 18.0 Å². The quantitative estimate of drug-likeness (QED) is 0.455. The lowest BCUT2D eigenvalue weighted by Gasteiger charge is -2.26. The number of carbonyl (C=O) groups is 2. The Kier molecular flexibility index (Phi) is 5.30. The number of para-hydroxylation sites is 1. The predicted octanol–water partition coefficient (Wildman–Crippen LogP) is 5.02. The summed E-state index contributed by atoms with van der Waals surface area (Å²) >= 11 is 5.94. The Morgan fingerprint density at radius 1 is 1.03 bits per heavy atom. The first-order valence-electron chi connectivity index (χ1n) is 10.6. The summed E-state index contributed by atoms with van der Waals surface area (Å²) in [4.78, 5) is 28.2. The lowest BCUT2D eigenvalue weighted by Crippen LogP contribution is -2.37. The first-order valence-corrected chi connectivity index (χ1v) is 10.9. The van der Waals surface area contributed by atoms with Gasteiger partial charge in [0.25, 0.3) is 5.91 Å². The van der Waals surface area contributed by atoms with Crippen LogP contribution in [0.2, 0.25) is 5.02 Å². The molecular weight excluding hydrogens is 438 g/mol. The molecule has 1 aromatic heterocycles. The first kappa shape index (κ1) is 21.1. The number of methoxy groups -OCH3 is 1. The van der Waals surface area contributed by atoms with E-state index < -0.39 is 0 Å². The van der Waals surface area contributed by atoms with E-state index in [9.17, 15) is 9.59 Å². The number of hydrogen-bond donors (Lipinski definition) is 1. The van der Waals surface area contributed by atoms with Crippen LogP contribution in [-0.4, -0.2) is 34.9 Å². The van der Waals surface area contributed by atoms with Gasteiger partial charge in [0, 0.05) is 34.2 Å². The van der Waals surface area contributed by atoms with Gasteiger partial charge >= 0.3 is 0 Å². The SMILES string of the molecule is COc1ccc([C@H]2c3c(n(C)c4ccccc34)C(=O)N2CC(=O)Nc2ccc(Cl)cc2)cc1. The van der Waals surface area contributed by atoms with Crippen LogP contribution in [0.5, 0.6) is 5.75 Å². The Morgan fingerprint density at radius 3 is 2.42 bits per heavy atom. The average Bonchev–Trinajstić information content (AvgIpc) is 3.28. The highest BCUT2D eigenvalue weighted by Gasteiger charge is 2.42. The summed E-state index contributed by atoms with van der Waals surface area (Å²) in [6.45, 7) is -0.0822. The molecule has 1 aliphatic rings. The number of aromatic nitrogens is 1. The molecule has 4 aromatic rings. The second-order valence-electron chi connectivity index (χ2n) is 8.00.